The Kier molecular flexibility index (Phi) is 3.47. The molecular weight excluding hydrogens is 329 g/mol. The molecule has 132 valence electrons. The molecule has 2 aromatic rings. The molecule has 1 fully saturated rings. The minimum atomic E-state index is -1.33. The van der Waals surface area contributed by atoms with Crippen LogP contribution in [0.25, 0.3) is 10.9 Å². The van der Waals surface area contributed by atoms with Crippen molar-refractivity contribution in [3.8, 4) is 5.75 Å². The van der Waals surface area contributed by atoms with Gasteiger partial charge in [-0.05, 0) is 19.4 Å². The summed E-state index contributed by atoms with van der Waals surface area (Å²) in [4.78, 5) is 25.7. The summed E-state index contributed by atoms with van der Waals surface area (Å²) in [7, 11) is 0. The van der Waals surface area contributed by atoms with Crippen LogP contribution in [0.15, 0.2) is 17.1 Å². The van der Waals surface area contributed by atoms with E-state index in [9.17, 15) is 19.1 Å². The van der Waals surface area contributed by atoms with Gasteiger partial charge in [0.05, 0.1) is 16.9 Å². The third kappa shape index (κ3) is 2.28. The smallest absolute Gasteiger partial charge is 0.341 e. The van der Waals surface area contributed by atoms with Crippen LogP contribution in [0.5, 0.6) is 5.75 Å². The summed E-state index contributed by atoms with van der Waals surface area (Å²) in [6.07, 6.45) is 2.07. The van der Waals surface area contributed by atoms with Crippen molar-refractivity contribution in [1.82, 2.24) is 4.57 Å². The van der Waals surface area contributed by atoms with Gasteiger partial charge in [-0.2, -0.15) is 0 Å². The Labute approximate surface area is 142 Å². The summed E-state index contributed by atoms with van der Waals surface area (Å²) >= 11 is 0. The van der Waals surface area contributed by atoms with Crippen LogP contribution in [-0.4, -0.2) is 41.4 Å². The molecule has 3 heterocycles. The average molecular weight is 347 g/mol. The topological polar surface area (TPSA) is 97.8 Å². The number of rotatable bonds is 2. The summed E-state index contributed by atoms with van der Waals surface area (Å²) in [6, 6.07) is 0.902. The Morgan fingerprint density at radius 3 is 2.88 bits per heavy atom. The number of carbonyl (C=O) groups is 1. The van der Waals surface area contributed by atoms with Gasteiger partial charge in [0.2, 0.25) is 5.43 Å². The van der Waals surface area contributed by atoms with Crippen LogP contribution in [-0.2, 0) is 0 Å². The van der Waals surface area contributed by atoms with E-state index < -0.39 is 17.2 Å². The van der Waals surface area contributed by atoms with Crippen LogP contribution in [0.2, 0.25) is 0 Å². The van der Waals surface area contributed by atoms with Crippen molar-refractivity contribution in [3.63, 3.8) is 0 Å². The maximum Gasteiger partial charge on any atom is 0.341 e. The van der Waals surface area contributed by atoms with E-state index in [0.29, 0.717) is 24.3 Å². The van der Waals surface area contributed by atoms with Gasteiger partial charge < -0.3 is 25.0 Å². The van der Waals surface area contributed by atoms with Crippen molar-refractivity contribution in [3.05, 3.63) is 33.9 Å². The van der Waals surface area contributed by atoms with Crippen LogP contribution < -0.4 is 20.8 Å². The molecule has 0 saturated carbocycles. The highest BCUT2D eigenvalue weighted by Crippen LogP contribution is 2.42. The normalized spacial score (nSPS) is 22.3. The molecule has 4 rings (SSSR count). The first-order valence-electron chi connectivity index (χ1n) is 8.16. The van der Waals surface area contributed by atoms with Crippen LogP contribution in [0, 0.1) is 5.82 Å². The molecule has 2 aliphatic heterocycles. The maximum absolute atomic E-state index is 14.9. The fourth-order valence-corrected chi connectivity index (χ4v) is 3.65. The number of pyridine rings is 1. The zero-order chi connectivity index (χ0) is 17.9. The molecule has 0 unspecified atom stereocenters. The summed E-state index contributed by atoms with van der Waals surface area (Å²) in [5, 5.41) is 9.30. The number of nitrogens with zero attached hydrogens (tertiary/aromatic N) is 2. The number of hydrogen-bond acceptors (Lipinski definition) is 5. The summed E-state index contributed by atoms with van der Waals surface area (Å²) < 4.78 is 22.3. The second-order valence-electron chi connectivity index (χ2n) is 6.67. The van der Waals surface area contributed by atoms with E-state index in [1.807, 2.05) is 11.8 Å². The number of ether oxygens (including phenoxy) is 1. The quantitative estimate of drug-likeness (QED) is 0.851. The third-order valence-corrected chi connectivity index (χ3v) is 4.91. The Bertz CT molecular complexity index is 955. The Balaban J connectivity index is 2.07. The highest BCUT2D eigenvalue weighted by molar-refractivity contribution is 5.97. The lowest BCUT2D eigenvalue weighted by Crippen LogP contribution is -2.30. The van der Waals surface area contributed by atoms with E-state index >= 15 is 0 Å². The number of aromatic nitrogens is 1. The highest BCUT2D eigenvalue weighted by Gasteiger charge is 2.32. The molecule has 1 saturated heterocycles. The predicted molar refractivity (Wildman–Crippen MR) is 90.1 cm³/mol. The number of carboxylic acids is 1. The number of nitrogens with two attached hydrogens (primary N) is 1. The third-order valence-electron chi connectivity index (χ3n) is 4.91. The van der Waals surface area contributed by atoms with Crippen molar-refractivity contribution in [2.75, 3.05) is 24.6 Å². The van der Waals surface area contributed by atoms with Crippen LogP contribution in [0.3, 0.4) is 0 Å². The molecule has 2 aliphatic rings. The van der Waals surface area contributed by atoms with Crippen molar-refractivity contribution < 1.29 is 19.0 Å². The summed E-state index contributed by atoms with van der Waals surface area (Å²) in [5.41, 5.74) is 5.59. The van der Waals surface area contributed by atoms with Crippen LogP contribution in [0.4, 0.5) is 10.1 Å². The fourth-order valence-electron chi connectivity index (χ4n) is 3.65. The van der Waals surface area contributed by atoms with Gasteiger partial charge in [-0.1, -0.05) is 0 Å². The average Bonchev–Trinajstić information content (AvgIpc) is 2.98. The molecular formula is C17H18FN3O4. The first-order valence-corrected chi connectivity index (χ1v) is 8.16. The van der Waals surface area contributed by atoms with Gasteiger partial charge in [0.25, 0.3) is 0 Å². The monoisotopic (exact) mass is 347 g/mol. The largest absolute Gasteiger partial charge is 0.487 e. The van der Waals surface area contributed by atoms with Crippen LogP contribution in [0.1, 0.15) is 29.7 Å². The first-order chi connectivity index (χ1) is 11.9. The number of aromatic carboxylic acids is 1. The second kappa shape index (κ2) is 5.45. The van der Waals surface area contributed by atoms with E-state index in [1.165, 1.54) is 6.20 Å². The lowest BCUT2D eigenvalue weighted by Gasteiger charge is -2.31. The van der Waals surface area contributed by atoms with Crippen LogP contribution >= 0.6 is 0 Å². The predicted octanol–water partition coefficient (Wildman–Crippen LogP) is 1.33. The highest BCUT2D eigenvalue weighted by atomic mass is 19.1. The molecule has 25 heavy (non-hydrogen) atoms. The van der Waals surface area contributed by atoms with E-state index in [4.69, 9.17) is 10.5 Å². The molecule has 0 spiro atoms. The Morgan fingerprint density at radius 1 is 1.48 bits per heavy atom. The fraction of sp³-hybridized carbons (Fsp3) is 0.412. The van der Waals surface area contributed by atoms with Gasteiger partial charge in [0.1, 0.15) is 17.9 Å². The number of hydrogen-bond donors (Lipinski definition) is 2. The Hall–Kier alpha value is -2.61. The molecule has 0 amide bonds. The Morgan fingerprint density at radius 2 is 2.24 bits per heavy atom. The molecule has 0 bridgehead atoms. The van der Waals surface area contributed by atoms with E-state index in [1.54, 1.807) is 4.57 Å². The van der Waals surface area contributed by atoms with Crippen molar-refractivity contribution in [2.24, 2.45) is 5.73 Å². The molecule has 0 radical (unpaired) electrons. The number of benzene rings is 1. The molecule has 1 aromatic heterocycles. The van der Waals surface area contributed by atoms with Crippen molar-refractivity contribution >= 4 is 22.6 Å². The van der Waals surface area contributed by atoms with Crippen molar-refractivity contribution in [2.45, 2.75) is 25.4 Å². The lowest BCUT2D eigenvalue weighted by molar-refractivity contribution is 0.0694. The lowest BCUT2D eigenvalue weighted by atomic mass is 10.1. The second-order valence-corrected chi connectivity index (χ2v) is 6.67. The van der Waals surface area contributed by atoms with Gasteiger partial charge in [-0.15, -0.1) is 0 Å². The van der Waals surface area contributed by atoms with Crippen molar-refractivity contribution in [1.29, 1.82) is 0 Å². The van der Waals surface area contributed by atoms with Gasteiger partial charge in [0, 0.05) is 25.3 Å². The molecule has 0 aliphatic carbocycles. The summed E-state index contributed by atoms with van der Waals surface area (Å²) in [5.74, 6) is -1.64. The SMILES string of the molecule is C[C@H]1COc2c(N3CC[C@@H](N)C3)c(F)cc3c(=O)c(C(=O)O)cn1c23. The minimum absolute atomic E-state index is 0.0196. The van der Waals surface area contributed by atoms with Gasteiger partial charge in [-0.3, -0.25) is 4.79 Å². The molecule has 3 N–H and O–H groups in total. The number of anilines is 1. The van der Waals surface area contributed by atoms with Gasteiger partial charge in [-0.25, -0.2) is 9.18 Å². The molecule has 8 heteroatoms. The minimum Gasteiger partial charge on any atom is -0.487 e. The van der Waals surface area contributed by atoms with E-state index in [0.717, 1.165) is 12.5 Å². The number of carboxylic acid groups (broad SMARTS) is 1. The standard InChI is InChI=1S/C17H18FN3O4/c1-8-7-25-16-13-10(15(22)11(17(23)24)6-21(8)13)4-12(18)14(16)20-3-2-9(19)5-20/h4,6,8-9H,2-3,5,7,19H2,1H3,(H,23,24)/t8-,9+/m0/s1. The maximum atomic E-state index is 14.9. The van der Waals surface area contributed by atoms with E-state index in [-0.39, 0.29) is 35.4 Å². The molecule has 2 atom stereocenters. The van der Waals surface area contributed by atoms with E-state index in [2.05, 4.69) is 0 Å². The zero-order valence-electron chi connectivity index (χ0n) is 13.7. The van der Waals surface area contributed by atoms with Gasteiger partial charge >= 0.3 is 5.97 Å². The number of halogens is 1. The zero-order valence-corrected chi connectivity index (χ0v) is 13.7. The first kappa shape index (κ1) is 15.9. The van der Waals surface area contributed by atoms with Gasteiger partial charge in [0.15, 0.2) is 11.6 Å². The molecule has 1 aromatic carbocycles. The molecule has 7 nitrogen and oxygen atoms in total. The summed E-state index contributed by atoms with van der Waals surface area (Å²) in [6.45, 7) is 3.23.